The third-order valence-corrected chi connectivity index (χ3v) is 6.28. The van der Waals surface area contributed by atoms with E-state index in [4.69, 9.17) is 5.73 Å². The van der Waals surface area contributed by atoms with E-state index in [1.807, 2.05) is 13.8 Å². The van der Waals surface area contributed by atoms with Crippen LogP contribution in [0.1, 0.15) is 47.7 Å². The van der Waals surface area contributed by atoms with Crippen LogP contribution in [0.15, 0.2) is 0 Å². The third-order valence-electron chi connectivity index (χ3n) is 5.21. The maximum absolute atomic E-state index is 12.5. The van der Waals surface area contributed by atoms with Crippen molar-refractivity contribution in [3.63, 3.8) is 0 Å². The summed E-state index contributed by atoms with van der Waals surface area (Å²) < 4.78 is 0. The quantitative estimate of drug-likeness (QED) is 0.845. The highest BCUT2D eigenvalue weighted by Crippen LogP contribution is 2.41. The number of aromatic nitrogens is 1. The van der Waals surface area contributed by atoms with Gasteiger partial charge in [0.05, 0.1) is 17.2 Å². The second-order valence-electron chi connectivity index (χ2n) is 6.66. The number of hydrogen-bond donors (Lipinski definition) is 2. The summed E-state index contributed by atoms with van der Waals surface area (Å²) in [6.07, 6.45) is 5.65. The van der Waals surface area contributed by atoms with Crippen LogP contribution in [0.4, 0.5) is 0 Å². The van der Waals surface area contributed by atoms with E-state index in [1.54, 1.807) is 11.3 Å². The van der Waals surface area contributed by atoms with Gasteiger partial charge < -0.3 is 11.1 Å². The Morgan fingerprint density at radius 2 is 1.87 bits per heavy atom. The normalized spacial score (nSPS) is 29.2. The molecule has 1 amide bonds. The molecule has 2 saturated carbocycles. The Morgan fingerprint density at radius 1 is 1.26 bits per heavy atom. The Balaban J connectivity index is 0.00000132. The molecular weight excluding hydrogens is 353 g/mol. The minimum Gasteiger partial charge on any atom is -0.351 e. The highest BCUT2D eigenvalue weighted by Gasteiger charge is 2.40. The first kappa shape index (κ1) is 20.7. The lowest BCUT2D eigenvalue weighted by Gasteiger charge is -2.43. The van der Waals surface area contributed by atoms with Crippen LogP contribution in [-0.4, -0.2) is 16.9 Å². The molecule has 3 rings (SSSR count). The van der Waals surface area contributed by atoms with Gasteiger partial charge in [-0.15, -0.1) is 36.2 Å². The number of rotatable bonds is 3. The van der Waals surface area contributed by atoms with Gasteiger partial charge in [0.2, 0.25) is 5.91 Å². The molecule has 23 heavy (non-hydrogen) atoms. The summed E-state index contributed by atoms with van der Waals surface area (Å²) in [5.74, 6) is 1.49. The maximum atomic E-state index is 12.5. The van der Waals surface area contributed by atoms with Gasteiger partial charge in [-0.05, 0) is 51.4 Å². The lowest BCUT2D eigenvalue weighted by Crippen LogP contribution is -2.49. The van der Waals surface area contributed by atoms with Crippen molar-refractivity contribution in [2.75, 3.05) is 0 Å². The number of carbonyl (C=O) groups is 1. The molecule has 1 aromatic rings. The number of amides is 1. The minimum absolute atomic E-state index is 0. The Kier molecular flexibility index (Phi) is 7.78. The number of nitrogens with one attached hydrogen (secondary N) is 1. The van der Waals surface area contributed by atoms with Crippen molar-refractivity contribution in [3.05, 3.63) is 15.6 Å². The van der Waals surface area contributed by atoms with Gasteiger partial charge >= 0.3 is 0 Å². The molecule has 0 radical (unpaired) electrons. The summed E-state index contributed by atoms with van der Waals surface area (Å²) in [7, 11) is 0. The fourth-order valence-electron chi connectivity index (χ4n) is 4.05. The van der Waals surface area contributed by atoms with Gasteiger partial charge in [-0.3, -0.25) is 4.79 Å². The molecule has 0 aliphatic heterocycles. The van der Waals surface area contributed by atoms with Crippen molar-refractivity contribution < 1.29 is 4.79 Å². The molecule has 7 heteroatoms. The number of nitrogens with two attached hydrogens (primary N) is 1. The largest absolute Gasteiger partial charge is 0.351 e. The molecule has 0 aromatic carbocycles. The monoisotopic (exact) mass is 379 g/mol. The molecule has 2 unspecified atom stereocenters. The number of halogens is 2. The minimum atomic E-state index is 0. The first-order chi connectivity index (χ1) is 10.0. The van der Waals surface area contributed by atoms with Crippen molar-refractivity contribution >= 4 is 42.1 Å². The third kappa shape index (κ3) is 4.59. The van der Waals surface area contributed by atoms with Crippen LogP contribution in [0.5, 0.6) is 0 Å². The second-order valence-corrected chi connectivity index (χ2v) is 7.94. The zero-order valence-corrected chi connectivity index (χ0v) is 16.2. The molecular formula is C16H27Cl2N3OS. The molecule has 2 fully saturated rings. The predicted octanol–water partition coefficient (Wildman–Crippen LogP) is 3.37. The van der Waals surface area contributed by atoms with Crippen LogP contribution in [-0.2, 0) is 11.3 Å². The van der Waals surface area contributed by atoms with Crippen LogP contribution < -0.4 is 11.1 Å². The highest BCUT2D eigenvalue weighted by molar-refractivity contribution is 7.11. The van der Waals surface area contributed by atoms with Gasteiger partial charge in [-0.1, -0.05) is 6.42 Å². The number of hydrogen-bond acceptors (Lipinski definition) is 4. The van der Waals surface area contributed by atoms with E-state index >= 15 is 0 Å². The molecule has 3 N–H and O–H groups in total. The van der Waals surface area contributed by atoms with Gasteiger partial charge in [0.15, 0.2) is 0 Å². The summed E-state index contributed by atoms with van der Waals surface area (Å²) in [5.41, 5.74) is 7.34. The fourth-order valence-corrected chi connectivity index (χ4v) is 4.93. The van der Waals surface area contributed by atoms with E-state index in [2.05, 4.69) is 10.3 Å². The van der Waals surface area contributed by atoms with Crippen LogP contribution in [0.3, 0.4) is 0 Å². The van der Waals surface area contributed by atoms with Crippen molar-refractivity contribution in [3.8, 4) is 0 Å². The average Bonchev–Trinajstić information content (AvgIpc) is 2.74. The second kappa shape index (κ2) is 8.65. The topological polar surface area (TPSA) is 68.0 Å². The molecule has 0 saturated heterocycles. The zero-order valence-electron chi connectivity index (χ0n) is 13.7. The number of carbonyl (C=O) groups excluding carboxylic acids is 1. The Bertz CT molecular complexity index is 523. The summed E-state index contributed by atoms with van der Waals surface area (Å²) >= 11 is 1.67. The van der Waals surface area contributed by atoms with Gasteiger partial charge in [-0.2, -0.15) is 0 Å². The fraction of sp³-hybridized carbons (Fsp3) is 0.750. The number of nitrogens with zero attached hydrogens (tertiary/aromatic N) is 1. The van der Waals surface area contributed by atoms with Gasteiger partial charge in [-0.25, -0.2) is 4.98 Å². The van der Waals surface area contributed by atoms with Crippen molar-refractivity contribution in [2.45, 2.75) is 58.5 Å². The summed E-state index contributed by atoms with van der Waals surface area (Å²) in [5, 5.41) is 4.18. The SMILES string of the molecule is Cc1nc(C)c(CNC(=O)C2CC3CCCC(C2)C3N)s1.Cl.Cl. The summed E-state index contributed by atoms with van der Waals surface area (Å²) in [6.45, 7) is 4.63. The van der Waals surface area contributed by atoms with Crippen molar-refractivity contribution in [1.29, 1.82) is 0 Å². The lowest BCUT2D eigenvalue weighted by molar-refractivity contribution is -0.128. The van der Waals surface area contributed by atoms with E-state index < -0.39 is 0 Å². The van der Waals surface area contributed by atoms with Crippen molar-refractivity contribution in [1.82, 2.24) is 10.3 Å². The Labute approximate surface area is 154 Å². The lowest BCUT2D eigenvalue weighted by atomic mass is 9.65. The van der Waals surface area contributed by atoms with E-state index in [-0.39, 0.29) is 36.6 Å². The molecule has 2 bridgehead atoms. The molecule has 2 atom stereocenters. The molecule has 1 aromatic heterocycles. The van der Waals surface area contributed by atoms with Crippen molar-refractivity contribution in [2.24, 2.45) is 23.5 Å². The van der Waals surface area contributed by atoms with Crippen LogP contribution in [0, 0.1) is 31.6 Å². The summed E-state index contributed by atoms with van der Waals surface area (Å²) in [4.78, 5) is 18.0. The average molecular weight is 380 g/mol. The Hall–Kier alpha value is -0.360. The molecule has 1 heterocycles. The van der Waals surface area contributed by atoms with E-state index in [0.717, 1.165) is 23.5 Å². The first-order valence-electron chi connectivity index (χ1n) is 8.00. The van der Waals surface area contributed by atoms with Crippen LogP contribution in [0.2, 0.25) is 0 Å². The smallest absolute Gasteiger partial charge is 0.223 e. The molecule has 2 aliphatic rings. The molecule has 0 spiro atoms. The van der Waals surface area contributed by atoms with E-state index in [1.165, 1.54) is 24.1 Å². The highest BCUT2D eigenvalue weighted by atomic mass is 35.5. The number of thiazole rings is 1. The van der Waals surface area contributed by atoms with E-state index in [0.29, 0.717) is 24.4 Å². The van der Waals surface area contributed by atoms with Gasteiger partial charge in [0, 0.05) is 16.8 Å². The standard InChI is InChI=1S/C16H25N3OS.2ClH/c1-9-14(21-10(2)19-9)8-18-16(20)13-6-11-4-3-5-12(7-13)15(11)17;;/h11-13,15H,3-8,17H2,1-2H3,(H,18,20);2*1H. The maximum Gasteiger partial charge on any atom is 0.223 e. The number of fused-ring (bicyclic) bond motifs is 2. The van der Waals surface area contributed by atoms with Crippen LogP contribution in [0.25, 0.3) is 0 Å². The first-order valence-corrected chi connectivity index (χ1v) is 8.82. The predicted molar refractivity (Wildman–Crippen MR) is 99.5 cm³/mol. The van der Waals surface area contributed by atoms with Gasteiger partial charge in [0.25, 0.3) is 0 Å². The molecule has 2 aliphatic carbocycles. The summed E-state index contributed by atoms with van der Waals surface area (Å²) in [6, 6.07) is 0.328. The molecule has 4 nitrogen and oxygen atoms in total. The Morgan fingerprint density at radius 3 is 2.39 bits per heavy atom. The number of aryl methyl sites for hydroxylation is 2. The molecule has 132 valence electrons. The van der Waals surface area contributed by atoms with Crippen LogP contribution >= 0.6 is 36.2 Å². The zero-order chi connectivity index (χ0) is 15.0. The van der Waals surface area contributed by atoms with E-state index in [9.17, 15) is 4.79 Å². The van der Waals surface area contributed by atoms with Gasteiger partial charge in [0.1, 0.15) is 0 Å².